The van der Waals surface area contributed by atoms with Crippen molar-refractivity contribution in [3.05, 3.63) is 40.8 Å². The summed E-state index contributed by atoms with van der Waals surface area (Å²) in [6, 6.07) is 5.66. The Morgan fingerprint density at radius 2 is 2.13 bits per heavy atom. The van der Waals surface area contributed by atoms with E-state index in [1.165, 1.54) is 11.3 Å². The monoisotopic (exact) mass is 441 g/mol. The molecule has 2 amide bonds. The molecule has 0 radical (unpaired) electrons. The summed E-state index contributed by atoms with van der Waals surface area (Å²) in [5, 5.41) is 9.19. The van der Waals surface area contributed by atoms with Gasteiger partial charge in [0, 0.05) is 30.9 Å². The van der Waals surface area contributed by atoms with Crippen molar-refractivity contribution in [2.24, 2.45) is 0 Å². The van der Waals surface area contributed by atoms with Crippen LogP contribution in [0.5, 0.6) is 0 Å². The first-order valence-corrected chi connectivity index (χ1v) is 11.2. The molecule has 1 unspecified atom stereocenters. The van der Waals surface area contributed by atoms with Gasteiger partial charge in [-0.3, -0.25) is 4.79 Å². The van der Waals surface area contributed by atoms with Gasteiger partial charge in [-0.15, -0.1) is 11.3 Å². The molecular formula is C22H27N5O3S. The Morgan fingerprint density at radius 1 is 1.29 bits per heavy atom. The predicted molar refractivity (Wildman–Crippen MR) is 122 cm³/mol. The number of hydrogen-bond donors (Lipinski definition) is 3. The molecule has 0 spiro atoms. The molecule has 0 aliphatic carbocycles. The zero-order valence-corrected chi connectivity index (χ0v) is 18.7. The molecular weight excluding hydrogens is 414 g/mol. The molecule has 3 aromatic heterocycles. The molecule has 9 heteroatoms. The second kappa shape index (κ2) is 8.58. The van der Waals surface area contributed by atoms with Crippen LogP contribution >= 0.6 is 11.3 Å². The molecule has 0 aromatic carbocycles. The number of carbonyl (C=O) groups is 2. The molecule has 0 bridgehead atoms. The predicted octanol–water partition coefficient (Wildman–Crippen LogP) is 4.50. The first-order chi connectivity index (χ1) is 14.8. The highest BCUT2D eigenvalue weighted by Gasteiger charge is 2.32. The first kappa shape index (κ1) is 21.2. The van der Waals surface area contributed by atoms with Crippen LogP contribution in [0.2, 0.25) is 0 Å². The van der Waals surface area contributed by atoms with Crippen LogP contribution in [0.15, 0.2) is 36.0 Å². The number of hydrogen-bond acceptors (Lipinski definition) is 6. The maximum Gasteiger partial charge on any atom is 0.410 e. The largest absolute Gasteiger partial charge is 0.444 e. The molecule has 164 valence electrons. The van der Waals surface area contributed by atoms with Crippen molar-refractivity contribution in [3.63, 3.8) is 0 Å². The number of amides is 2. The molecule has 1 aliphatic rings. The second-order valence-corrected chi connectivity index (χ2v) is 9.48. The number of thiophene rings is 1. The van der Waals surface area contributed by atoms with E-state index >= 15 is 0 Å². The summed E-state index contributed by atoms with van der Waals surface area (Å²) in [5.41, 5.74) is 1.87. The molecule has 1 saturated heterocycles. The van der Waals surface area contributed by atoms with Gasteiger partial charge in [-0.1, -0.05) is 0 Å². The molecule has 4 heterocycles. The van der Waals surface area contributed by atoms with E-state index in [4.69, 9.17) is 4.74 Å². The number of ether oxygens (including phenoxy) is 1. The van der Waals surface area contributed by atoms with Crippen LogP contribution in [0.1, 0.15) is 43.3 Å². The Labute approximate surface area is 185 Å². The fourth-order valence-electron chi connectivity index (χ4n) is 3.70. The average molecular weight is 442 g/mol. The first-order valence-electron chi connectivity index (χ1n) is 10.4. The number of H-pyrrole nitrogens is 1. The SMILES string of the molecule is CC(C)(C)OC(=O)N1CCCC1CNC(=O)c1sccc1Nc1ccnc2[nH]ccc12. The highest BCUT2D eigenvalue weighted by molar-refractivity contribution is 7.12. The second-order valence-electron chi connectivity index (χ2n) is 8.57. The maximum absolute atomic E-state index is 12.9. The number of carbonyl (C=O) groups excluding carboxylic acids is 2. The van der Waals surface area contributed by atoms with E-state index in [9.17, 15) is 9.59 Å². The summed E-state index contributed by atoms with van der Waals surface area (Å²) < 4.78 is 5.50. The Morgan fingerprint density at radius 3 is 2.94 bits per heavy atom. The number of aromatic amines is 1. The molecule has 3 N–H and O–H groups in total. The highest BCUT2D eigenvalue weighted by atomic mass is 32.1. The summed E-state index contributed by atoms with van der Waals surface area (Å²) in [4.78, 5) is 35.1. The summed E-state index contributed by atoms with van der Waals surface area (Å²) in [6.07, 6.45) is 4.98. The van der Waals surface area contributed by atoms with Crippen LogP contribution in [-0.4, -0.2) is 51.6 Å². The molecule has 1 fully saturated rings. The lowest BCUT2D eigenvalue weighted by atomic mass is 10.2. The third kappa shape index (κ3) is 4.82. The Hall–Kier alpha value is -3.07. The third-order valence-electron chi connectivity index (χ3n) is 5.10. The molecule has 1 aliphatic heterocycles. The van der Waals surface area contributed by atoms with Gasteiger partial charge in [0.05, 0.1) is 17.4 Å². The molecule has 4 rings (SSSR count). The lowest BCUT2D eigenvalue weighted by molar-refractivity contribution is 0.0225. The van der Waals surface area contributed by atoms with Gasteiger partial charge in [0.15, 0.2) is 0 Å². The number of anilines is 2. The van der Waals surface area contributed by atoms with Crippen molar-refractivity contribution in [2.75, 3.05) is 18.4 Å². The molecule has 3 aromatic rings. The number of nitrogens with one attached hydrogen (secondary N) is 3. The summed E-state index contributed by atoms with van der Waals surface area (Å²) in [5.74, 6) is -0.159. The van der Waals surface area contributed by atoms with Crippen molar-refractivity contribution < 1.29 is 14.3 Å². The summed E-state index contributed by atoms with van der Waals surface area (Å²) >= 11 is 1.38. The topological polar surface area (TPSA) is 99.3 Å². The number of rotatable bonds is 5. The number of nitrogens with zero attached hydrogens (tertiary/aromatic N) is 2. The number of pyridine rings is 1. The van der Waals surface area contributed by atoms with E-state index in [2.05, 4.69) is 20.6 Å². The fraction of sp³-hybridized carbons (Fsp3) is 0.409. The fourth-order valence-corrected chi connectivity index (χ4v) is 4.46. The lowest BCUT2D eigenvalue weighted by Crippen LogP contribution is -2.45. The van der Waals surface area contributed by atoms with Crippen LogP contribution in [-0.2, 0) is 4.74 Å². The van der Waals surface area contributed by atoms with Crippen LogP contribution in [0, 0.1) is 0 Å². The van der Waals surface area contributed by atoms with Crippen molar-refractivity contribution in [1.82, 2.24) is 20.2 Å². The minimum atomic E-state index is -0.539. The van der Waals surface area contributed by atoms with Crippen molar-refractivity contribution in [1.29, 1.82) is 0 Å². The van der Waals surface area contributed by atoms with E-state index in [-0.39, 0.29) is 18.0 Å². The third-order valence-corrected chi connectivity index (χ3v) is 6.02. The van der Waals surface area contributed by atoms with Gasteiger partial charge < -0.3 is 25.3 Å². The van der Waals surface area contributed by atoms with Crippen molar-refractivity contribution in [3.8, 4) is 0 Å². The van der Waals surface area contributed by atoms with Crippen LogP contribution in [0.25, 0.3) is 11.0 Å². The van der Waals surface area contributed by atoms with Gasteiger partial charge >= 0.3 is 6.09 Å². The Balaban J connectivity index is 1.40. The standard InChI is InChI=1S/C22H27N5O3S/c1-22(2,3)30-21(29)27-11-4-5-14(27)13-25-20(28)18-17(8-12-31-18)26-16-7-10-24-19-15(16)6-9-23-19/h6-10,12,14H,4-5,11,13H2,1-3H3,(H,25,28)(H2,23,24,26). The molecule has 1 atom stereocenters. The number of fused-ring (bicyclic) bond motifs is 1. The highest BCUT2D eigenvalue weighted by Crippen LogP contribution is 2.29. The van der Waals surface area contributed by atoms with Gasteiger partial charge in [-0.25, -0.2) is 9.78 Å². The zero-order chi connectivity index (χ0) is 22.0. The Bertz CT molecular complexity index is 1080. The van der Waals surface area contributed by atoms with E-state index < -0.39 is 5.60 Å². The van der Waals surface area contributed by atoms with Gasteiger partial charge in [0.2, 0.25) is 0 Å². The van der Waals surface area contributed by atoms with Crippen LogP contribution in [0.3, 0.4) is 0 Å². The molecule has 8 nitrogen and oxygen atoms in total. The lowest BCUT2D eigenvalue weighted by Gasteiger charge is -2.28. The van der Waals surface area contributed by atoms with E-state index in [0.717, 1.165) is 35.2 Å². The van der Waals surface area contributed by atoms with Gasteiger partial charge in [0.25, 0.3) is 5.91 Å². The van der Waals surface area contributed by atoms with Gasteiger partial charge in [-0.05, 0) is 57.2 Å². The molecule has 31 heavy (non-hydrogen) atoms. The summed E-state index contributed by atoms with van der Waals surface area (Å²) in [7, 11) is 0. The smallest absolute Gasteiger partial charge is 0.410 e. The van der Waals surface area contributed by atoms with Gasteiger partial charge in [0.1, 0.15) is 16.1 Å². The normalized spacial score (nSPS) is 16.5. The van der Waals surface area contributed by atoms with E-state index in [1.807, 2.05) is 50.5 Å². The number of likely N-dealkylation sites (tertiary alicyclic amines) is 1. The van der Waals surface area contributed by atoms with Gasteiger partial charge in [-0.2, -0.15) is 0 Å². The minimum Gasteiger partial charge on any atom is -0.444 e. The maximum atomic E-state index is 12.9. The quantitative estimate of drug-likeness (QED) is 0.541. The number of aromatic nitrogens is 2. The van der Waals surface area contributed by atoms with Crippen molar-refractivity contribution >= 4 is 45.7 Å². The Kier molecular flexibility index (Phi) is 5.86. The molecule has 0 saturated carbocycles. The van der Waals surface area contributed by atoms with Crippen LogP contribution < -0.4 is 10.6 Å². The van der Waals surface area contributed by atoms with E-state index in [1.54, 1.807) is 11.1 Å². The zero-order valence-electron chi connectivity index (χ0n) is 17.9. The van der Waals surface area contributed by atoms with Crippen LogP contribution in [0.4, 0.5) is 16.2 Å². The minimum absolute atomic E-state index is 0.0603. The average Bonchev–Trinajstić information content (AvgIpc) is 3.45. The van der Waals surface area contributed by atoms with Crippen molar-refractivity contribution in [2.45, 2.75) is 45.3 Å². The van der Waals surface area contributed by atoms with E-state index in [0.29, 0.717) is 18.0 Å². The summed E-state index contributed by atoms with van der Waals surface area (Å²) in [6.45, 7) is 6.61.